The number of morpholine rings is 1. The van der Waals surface area contributed by atoms with Crippen molar-refractivity contribution in [1.82, 2.24) is 10.2 Å². The van der Waals surface area contributed by atoms with E-state index in [4.69, 9.17) is 14.2 Å². The number of aryl methyl sites for hydroxylation is 2. The minimum absolute atomic E-state index is 0.0282. The number of hydrogen-bond acceptors (Lipinski definition) is 6. The summed E-state index contributed by atoms with van der Waals surface area (Å²) in [7, 11) is 3.29. The molecule has 6 nitrogen and oxygen atoms in total. The van der Waals surface area contributed by atoms with Gasteiger partial charge < -0.3 is 19.5 Å². The van der Waals surface area contributed by atoms with Crippen LogP contribution in [0, 0.1) is 0 Å². The molecular formula is C25H34N2O4S. The summed E-state index contributed by atoms with van der Waals surface area (Å²) in [5.41, 5.74) is 2.48. The van der Waals surface area contributed by atoms with E-state index in [2.05, 4.69) is 22.3 Å². The lowest BCUT2D eigenvalue weighted by molar-refractivity contribution is 0.0162. The second kappa shape index (κ2) is 11.2. The summed E-state index contributed by atoms with van der Waals surface area (Å²) in [6.07, 6.45) is 7.25. The van der Waals surface area contributed by atoms with Gasteiger partial charge in [0.05, 0.1) is 38.4 Å². The lowest BCUT2D eigenvalue weighted by Crippen LogP contribution is -2.43. The Labute approximate surface area is 194 Å². The summed E-state index contributed by atoms with van der Waals surface area (Å²) in [6, 6.07) is 8.18. The topological polar surface area (TPSA) is 60.0 Å². The van der Waals surface area contributed by atoms with Crippen molar-refractivity contribution < 1.29 is 19.0 Å². The lowest BCUT2D eigenvalue weighted by Gasteiger charge is -2.35. The standard InChI is InChI=1S/C25H34N2O4S/c1-29-21-10-9-18(15-22(21)30-2)20(27-11-13-31-14-12-27)17-26-25(28)24-16-19-7-5-3-4-6-8-23(19)32-24/h9-10,15-16,20H,3-8,11-14,17H2,1-2H3,(H,26,28). The summed E-state index contributed by atoms with van der Waals surface area (Å²) in [5.74, 6) is 1.44. The Hall–Kier alpha value is -2.09. The molecule has 1 amide bonds. The maximum atomic E-state index is 13.1. The Morgan fingerprint density at radius 1 is 1.06 bits per heavy atom. The molecule has 1 atom stereocenters. The lowest BCUT2D eigenvalue weighted by atomic mass is 10.00. The number of carbonyl (C=O) groups is 1. The minimum Gasteiger partial charge on any atom is -0.493 e. The summed E-state index contributed by atoms with van der Waals surface area (Å²) in [4.78, 5) is 17.7. The number of nitrogens with zero attached hydrogens (tertiary/aromatic N) is 1. The number of ether oxygens (including phenoxy) is 3. The molecule has 0 radical (unpaired) electrons. The van der Waals surface area contributed by atoms with Gasteiger partial charge in [-0.05, 0) is 55.0 Å². The van der Waals surface area contributed by atoms with Crippen molar-refractivity contribution in [2.24, 2.45) is 0 Å². The molecular weight excluding hydrogens is 424 g/mol. The number of methoxy groups -OCH3 is 2. The normalized spacial score (nSPS) is 18.2. The second-order valence-corrected chi connectivity index (χ2v) is 9.60. The predicted octanol–water partition coefficient (Wildman–Crippen LogP) is 4.23. The van der Waals surface area contributed by atoms with E-state index in [0.29, 0.717) is 31.3 Å². The van der Waals surface area contributed by atoms with E-state index in [0.717, 1.165) is 36.4 Å². The highest BCUT2D eigenvalue weighted by atomic mass is 32.1. The van der Waals surface area contributed by atoms with Crippen molar-refractivity contribution in [2.45, 2.75) is 44.6 Å². The molecule has 1 fully saturated rings. The molecule has 1 aromatic carbocycles. The van der Waals surface area contributed by atoms with Crippen molar-refractivity contribution >= 4 is 17.2 Å². The second-order valence-electron chi connectivity index (χ2n) is 8.46. The van der Waals surface area contributed by atoms with Crippen LogP contribution in [0.2, 0.25) is 0 Å². The van der Waals surface area contributed by atoms with Crippen LogP contribution in [-0.2, 0) is 17.6 Å². The van der Waals surface area contributed by atoms with Crippen LogP contribution in [0.4, 0.5) is 0 Å². The van der Waals surface area contributed by atoms with Crippen molar-refractivity contribution in [1.29, 1.82) is 0 Å². The van der Waals surface area contributed by atoms with Crippen LogP contribution in [0.5, 0.6) is 11.5 Å². The molecule has 0 bridgehead atoms. The van der Waals surface area contributed by atoms with E-state index in [1.807, 2.05) is 12.1 Å². The maximum absolute atomic E-state index is 13.1. The van der Waals surface area contributed by atoms with E-state index in [-0.39, 0.29) is 11.9 Å². The van der Waals surface area contributed by atoms with Gasteiger partial charge in [0.15, 0.2) is 11.5 Å². The highest BCUT2D eigenvalue weighted by molar-refractivity contribution is 7.14. The van der Waals surface area contributed by atoms with Crippen LogP contribution in [0.3, 0.4) is 0 Å². The van der Waals surface area contributed by atoms with Gasteiger partial charge in [-0.2, -0.15) is 0 Å². The number of benzene rings is 1. The van der Waals surface area contributed by atoms with E-state index in [1.54, 1.807) is 25.6 Å². The minimum atomic E-state index is 0.0282. The summed E-state index contributed by atoms with van der Waals surface area (Å²) < 4.78 is 16.5. The van der Waals surface area contributed by atoms with Crippen LogP contribution in [-0.4, -0.2) is 57.9 Å². The van der Waals surface area contributed by atoms with E-state index >= 15 is 0 Å². The Kier molecular flexibility index (Phi) is 8.05. The molecule has 7 heteroatoms. The Bertz CT molecular complexity index is 882. The Morgan fingerprint density at radius 3 is 2.56 bits per heavy atom. The van der Waals surface area contributed by atoms with Crippen LogP contribution in [0.25, 0.3) is 0 Å². The average Bonchev–Trinajstić information content (AvgIpc) is 3.21. The van der Waals surface area contributed by atoms with Gasteiger partial charge in [0.25, 0.3) is 5.91 Å². The number of fused-ring (bicyclic) bond motifs is 1. The van der Waals surface area contributed by atoms with Crippen LogP contribution in [0.15, 0.2) is 24.3 Å². The number of thiophene rings is 1. The smallest absolute Gasteiger partial charge is 0.261 e. The Balaban J connectivity index is 1.50. The molecule has 2 heterocycles. The van der Waals surface area contributed by atoms with E-state index < -0.39 is 0 Å². The van der Waals surface area contributed by atoms with Gasteiger partial charge in [0.1, 0.15) is 0 Å². The molecule has 1 N–H and O–H groups in total. The molecule has 32 heavy (non-hydrogen) atoms. The molecule has 0 spiro atoms. The summed E-state index contributed by atoms with van der Waals surface area (Å²) in [5, 5.41) is 3.22. The van der Waals surface area contributed by atoms with E-state index in [9.17, 15) is 4.79 Å². The number of rotatable bonds is 7. The van der Waals surface area contributed by atoms with Gasteiger partial charge in [-0.1, -0.05) is 18.9 Å². The van der Waals surface area contributed by atoms with Gasteiger partial charge in [-0.15, -0.1) is 11.3 Å². The van der Waals surface area contributed by atoms with Gasteiger partial charge in [0.2, 0.25) is 0 Å². The third-order valence-electron chi connectivity index (χ3n) is 6.46. The molecule has 4 rings (SSSR count). The largest absolute Gasteiger partial charge is 0.493 e. The Morgan fingerprint density at radius 2 is 1.81 bits per heavy atom. The molecule has 1 aliphatic heterocycles. The molecule has 1 aromatic heterocycles. The fourth-order valence-electron chi connectivity index (χ4n) is 4.64. The first-order valence-corrected chi connectivity index (χ1v) is 12.4. The SMILES string of the molecule is COc1ccc(C(CNC(=O)c2cc3c(s2)CCCCCC3)N2CCOCC2)cc1OC. The third kappa shape index (κ3) is 5.45. The quantitative estimate of drug-likeness (QED) is 0.673. The van der Waals surface area contributed by atoms with Gasteiger partial charge >= 0.3 is 0 Å². The molecule has 1 aliphatic carbocycles. The maximum Gasteiger partial charge on any atom is 0.261 e. The summed E-state index contributed by atoms with van der Waals surface area (Å²) >= 11 is 1.68. The summed E-state index contributed by atoms with van der Waals surface area (Å²) in [6.45, 7) is 3.62. The zero-order chi connectivity index (χ0) is 22.3. The number of carbonyl (C=O) groups excluding carboxylic acids is 1. The molecule has 2 aromatic rings. The molecule has 0 saturated carbocycles. The van der Waals surface area contributed by atoms with Crippen molar-refractivity contribution in [3.05, 3.63) is 45.1 Å². The fourth-order valence-corrected chi connectivity index (χ4v) is 5.81. The van der Waals surface area contributed by atoms with Crippen molar-refractivity contribution in [2.75, 3.05) is 47.1 Å². The molecule has 1 saturated heterocycles. The highest BCUT2D eigenvalue weighted by Gasteiger charge is 2.25. The van der Waals surface area contributed by atoms with Crippen molar-refractivity contribution in [3.63, 3.8) is 0 Å². The number of hydrogen-bond donors (Lipinski definition) is 1. The number of amides is 1. The molecule has 1 unspecified atom stereocenters. The molecule has 2 aliphatic rings. The first-order valence-electron chi connectivity index (χ1n) is 11.6. The van der Waals surface area contributed by atoms with E-state index in [1.165, 1.54) is 36.1 Å². The number of nitrogens with one attached hydrogen (secondary N) is 1. The fraction of sp³-hybridized carbons (Fsp3) is 0.560. The van der Waals surface area contributed by atoms with Gasteiger partial charge in [0, 0.05) is 24.5 Å². The van der Waals surface area contributed by atoms with Gasteiger partial charge in [-0.25, -0.2) is 0 Å². The van der Waals surface area contributed by atoms with Crippen LogP contribution < -0.4 is 14.8 Å². The molecule has 174 valence electrons. The first-order chi connectivity index (χ1) is 15.7. The first kappa shape index (κ1) is 23.1. The monoisotopic (exact) mass is 458 g/mol. The van der Waals surface area contributed by atoms with Gasteiger partial charge in [-0.3, -0.25) is 9.69 Å². The van der Waals surface area contributed by atoms with Crippen molar-refractivity contribution in [3.8, 4) is 11.5 Å². The van der Waals surface area contributed by atoms with Crippen LogP contribution in [0.1, 0.15) is 57.4 Å². The van der Waals surface area contributed by atoms with Crippen LogP contribution >= 0.6 is 11.3 Å². The predicted molar refractivity (Wildman–Crippen MR) is 127 cm³/mol. The highest BCUT2D eigenvalue weighted by Crippen LogP contribution is 2.33. The zero-order valence-corrected chi connectivity index (χ0v) is 20.0. The zero-order valence-electron chi connectivity index (χ0n) is 19.2. The average molecular weight is 459 g/mol. The third-order valence-corrected chi connectivity index (χ3v) is 7.69.